The van der Waals surface area contributed by atoms with Gasteiger partial charge in [-0.05, 0) is 84.3 Å². The van der Waals surface area contributed by atoms with Crippen molar-refractivity contribution in [2.24, 2.45) is 0 Å². The van der Waals surface area contributed by atoms with Crippen LogP contribution in [0.2, 0.25) is 0 Å². The molecule has 0 saturated heterocycles. The molecule has 0 radical (unpaired) electrons. The summed E-state index contributed by atoms with van der Waals surface area (Å²) in [5.41, 5.74) is 14.0. The van der Waals surface area contributed by atoms with E-state index in [0.717, 1.165) is 0 Å². The predicted molar refractivity (Wildman–Crippen MR) is 192 cm³/mol. The number of hydrogen-bond donors (Lipinski definition) is 0. The van der Waals surface area contributed by atoms with Crippen molar-refractivity contribution in [1.82, 2.24) is 4.57 Å². The molecule has 9 aromatic rings. The van der Waals surface area contributed by atoms with E-state index in [9.17, 15) is 0 Å². The second-order valence-electron chi connectivity index (χ2n) is 12.9. The van der Waals surface area contributed by atoms with Crippen LogP contribution in [0.25, 0.3) is 71.3 Å². The number of benzene rings is 8. The lowest BCUT2D eigenvalue weighted by molar-refractivity contribution is 0.748. The zero-order chi connectivity index (χ0) is 30.0. The molecule has 0 atom stereocenters. The molecule has 1 spiro atoms. The van der Waals surface area contributed by atoms with Gasteiger partial charge in [0.1, 0.15) is 0 Å². The lowest BCUT2D eigenvalue weighted by Crippen LogP contribution is -2.33. The Morgan fingerprint density at radius 1 is 0.370 bits per heavy atom. The first-order chi connectivity index (χ1) is 22.8. The third-order valence-electron chi connectivity index (χ3n) is 10.8. The van der Waals surface area contributed by atoms with Crippen LogP contribution in [-0.2, 0) is 5.41 Å². The van der Waals surface area contributed by atoms with Gasteiger partial charge in [0.2, 0.25) is 0 Å². The lowest BCUT2D eigenvalue weighted by Gasteiger charge is -2.39. The van der Waals surface area contributed by atoms with E-state index in [4.69, 9.17) is 0 Å². The number of hydrogen-bond acceptors (Lipinski definition) is 0. The van der Waals surface area contributed by atoms with Crippen molar-refractivity contribution in [1.29, 1.82) is 0 Å². The molecule has 0 fully saturated rings. The Morgan fingerprint density at radius 2 is 0.978 bits per heavy atom. The van der Waals surface area contributed by atoms with E-state index in [-0.39, 0.29) is 0 Å². The molecule has 8 aromatic carbocycles. The standard InChI is InChI=1S/C45H27N/c1-2-11-32-28(10-1)20-21-31-26-29(22-24-33(31)32)30-23-25-40-43(27-30)46-42-19-8-5-14-36(42)37-15-9-18-41(44(37)46)45(40)38-16-6-3-12-34(38)35-13-4-7-17-39(35)45/h1-27H. The summed E-state index contributed by atoms with van der Waals surface area (Å²) in [4.78, 5) is 0. The highest BCUT2D eigenvalue weighted by molar-refractivity contribution is 6.13. The van der Waals surface area contributed by atoms with Crippen molar-refractivity contribution < 1.29 is 0 Å². The van der Waals surface area contributed by atoms with Gasteiger partial charge in [-0.3, -0.25) is 0 Å². The molecule has 1 nitrogen and oxygen atoms in total. The first kappa shape index (κ1) is 24.4. The van der Waals surface area contributed by atoms with E-state index in [1.165, 1.54) is 93.5 Å². The van der Waals surface area contributed by atoms with Crippen molar-refractivity contribution in [3.05, 3.63) is 186 Å². The molecule has 1 heteroatoms. The summed E-state index contributed by atoms with van der Waals surface area (Å²) in [5, 5.41) is 7.75. The highest BCUT2D eigenvalue weighted by Gasteiger charge is 2.50. The maximum atomic E-state index is 2.54. The van der Waals surface area contributed by atoms with Crippen molar-refractivity contribution in [3.63, 3.8) is 0 Å². The minimum Gasteiger partial charge on any atom is -0.309 e. The third-order valence-corrected chi connectivity index (χ3v) is 10.8. The van der Waals surface area contributed by atoms with Gasteiger partial charge in [-0.25, -0.2) is 0 Å². The Kier molecular flexibility index (Phi) is 4.57. The summed E-state index contributed by atoms with van der Waals surface area (Å²) in [6.07, 6.45) is 0. The molecule has 2 aliphatic rings. The average molecular weight is 582 g/mol. The van der Waals surface area contributed by atoms with Gasteiger partial charge in [-0.2, -0.15) is 0 Å². The van der Waals surface area contributed by atoms with Gasteiger partial charge < -0.3 is 4.57 Å². The van der Waals surface area contributed by atoms with E-state index in [1.807, 2.05) is 0 Å². The monoisotopic (exact) mass is 581 g/mol. The maximum Gasteiger partial charge on any atom is 0.0754 e. The molecule has 0 bridgehead atoms. The number of nitrogens with zero attached hydrogens (tertiary/aromatic N) is 1. The Bertz CT molecular complexity index is 2710. The molecule has 0 saturated carbocycles. The number of fused-ring (bicyclic) bond motifs is 15. The summed E-state index contributed by atoms with van der Waals surface area (Å²) < 4.78 is 2.54. The topological polar surface area (TPSA) is 4.93 Å². The van der Waals surface area contributed by atoms with Crippen LogP contribution < -0.4 is 0 Å². The molecular formula is C45H27N. The van der Waals surface area contributed by atoms with Gasteiger partial charge in [0, 0.05) is 10.8 Å². The SMILES string of the molecule is c1ccc2c(c1)-c1ccccc1C21c2ccc(-c3ccc4c(ccc5ccccc54)c3)cc2-n2c3ccccc3c3cccc1c32. The summed E-state index contributed by atoms with van der Waals surface area (Å²) in [7, 11) is 0. The van der Waals surface area contributed by atoms with Crippen LogP contribution in [-0.4, -0.2) is 4.57 Å². The van der Waals surface area contributed by atoms with Crippen LogP contribution in [0.5, 0.6) is 0 Å². The number of aromatic nitrogens is 1. The molecule has 1 aliphatic heterocycles. The van der Waals surface area contributed by atoms with Gasteiger partial charge in [0.15, 0.2) is 0 Å². The zero-order valence-electron chi connectivity index (χ0n) is 25.0. The fraction of sp³-hybridized carbons (Fsp3) is 0.0222. The van der Waals surface area contributed by atoms with E-state index in [1.54, 1.807) is 0 Å². The first-order valence-electron chi connectivity index (χ1n) is 16.1. The molecule has 11 rings (SSSR count). The molecule has 2 heterocycles. The maximum absolute atomic E-state index is 2.54. The minimum absolute atomic E-state index is 0.409. The molecule has 46 heavy (non-hydrogen) atoms. The lowest BCUT2D eigenvalue weighted by atomic mass is 9.65. The zero-order valence-corrected chi connectivity index (χ0v) is 25.0. The van der Waals surface area contributed by atoms with Gasteiger partial charge in [-0.15, -0.1) is 0 Å². The molecule has 1 aromatic heterocycles. The average Bonchev–Trinajstić information content (AvgIpc) is 3.62. The quantitative estimate of drug-likeness (QED) is 0.170. The molecule has 0 unspecified atom stereocenters. The second-order valence-corrected chi connectivity index (χ2v) is 12.9. The molecule has 212 valence electrons. The van der Waals surface area contributed by atoms with Crippen LogP contribution in [0, 0.1) is 0 Å². The van der Waals surface area contributed by atoms with Crippen LogP contribution in [0.4, 0.5) is 0 Å². The molecule has 0 amide bonds. The predicted octanol–water partition coefficient (Wildman–Crippen LogP) is 11.4. The first-order valence-corrected chi connectivity index (χ1v) is 16.1. The Hall–Kier alpha value is -5.92. The molecule has 0 N–H and O–H groups in total. The van der Waals surface area contributed by atoms with Crippen LogP contribution in [0.3, 0.4) is 0 Å². The van der Waals surface area contributed by atoms with Gasteiger partial charge in [0.05, 0.1) is 22.1 Å². The fourth-order valence-corrected chi connectivity index (χ4v) is 8.94. The highest BCUT2D eigenvalue weighted by atomic mass is 15.0. The summed E-state index contributed by atoms with van der Waals surface area (Å²) in [6, 6.07) is 61.3. The minimum atomic E-state index is -0.409. The van der Waals surface area contributed by atoms with Crippen LogP contribution >= 0.6 is 0 Å². The normalized spacial score (nSPS) is 13.8. The Morgan fingerprint density at radius 3 is 1.83 bits per heavy atom. The van der Waals surface area contributed by atoms with Gasteiger partial charge >= 0.3 is 0 Å². The van der Waals surface area contributed by atoms with Crippen molar-refractivity contribution in [3.8, 4) is 27.9 Å². The van der Waals surface area contributed by atoms with E-state index in [0.29, 0.717) is 0 Å². The smallest absolute Gasteiger partial charge is 0.0754 e. The van der Waals surface area contributed by atoms with Crippen molar-refractivity contribution >= 4 is 43.4 Å². The summed E-state index contributed by atoms with van der Waals surface area (Å²) in [6.45, 7) is 0. The van der Waals surface area contributed by atoms with Crippen molar-refractivity contribution in [2.45, 2.75) is 5.41 Å². The molecular weight excluding hydrogens is 555 g/mol. The highest BCUT2D eigenvalue weighted by Crippen LogP contribution is 2.61. The van der Waals surface area contributed by atoms with Gasteiger partial charge in [-0.1, -0.05) is 146 Å². The Balaban J connectivity index is 1.27. The van der Waals surface area contributed by atoms with Gasteiger partial charge in [0.25, 0.3) is 0 Å². The van der Waals surface area contributed by atoms with Crippen LogP contribution in [0.15, 0.2) is 164 Å². The summed E-state index contributed by atoms with van der Waals surface area (Å²) >= 11 is 0. The largest absolute Gasteiger partial charge is 0.309 e. The van der Waals surface area contributed by atoms with E-state index >= 15 is 0 Å². The van der Waals surface area contributed by atoms with Crippen molar-refractivity contribution in [2.75, 3.05) is 0 Å². The second kappa shape index (κ2) is 8.62. The van der Waals surface area contributed by atoms with E-state index < -0.39 is 5.41 Å². The third kappa shape index (κ3) is 2.87. The van der Waals surface area contributed by atoms with Crippen LogP contribution in [0.1, 0.15) is 22.3 Å². The summed E-state index contributed by atoms with van der Waals surface area (Å²) in [5.74, 6) is 0. The number of para-hydroxylation sites is 2. The van der Waals surface area contributed by atoms with E-state index in [2.05, 4.69) is 168 Å². The Labute approximate surface area is 266 Å². The number of rotatable bonds is 1. The molecule has 1 aliphatic carbocycles. The fourth-order valence-electron chi connectivity index (χ4n) is 8.94.